The van der Waals surface area contributed by atoms with Crippen molar-refractivity contribution in [3.05, 3.63) is 29.8 Å². The van der Waals surface area contributed by atoms with Crippen molar-refractivity contribution >= 4 is 23.4 Å². The summed E-state index contributed by atoms with van der Waals surface area (Å²) in [5.74, 6) is -0.708. The molecule has 1 aromatic carbocycles. The normalized spacial score (nSPS) is 16.1. The second-order valence-corrected chi connectivity index (χ2v) is 7.21. The Labute approximate surface area is 160 Å². The Hall–Kier alpha value is -2.45. The number of anilines is 1. The molecule has 4 N–H and O–H groups in total. The van der Waals surface area contributed by atoms with E-state index in [1.54, 1.807) is 24.3 Å². The van der Waals surface area contributed by atoms with Crippen molar-refractivity contribution in [3.8, 4) is 0 Å². The lowest BCUT2D eigenvalue weighted by Gasteiger charge is -2.32. The van der Waals surface area contributed by atoms with Crippen LogP contribution in [0.5, 0.6) is 0 Å². The van der Waals surface area contributed by atoms with Crippen LogP contribution in [0.1, 0.15) is 24.2 Å². The predicted molar refractivity (Wildman–Crippen MR) is 104 cm³/mol. The van der Waals surface area contributed by atoms with Crippen LogP contribution in [0, 0.1) is 5.92 Å². The lowest BCUT2D eigenvalue weighted by Crippen LogP contribution is -2.47. The SMILES string of the molecule is CC(C)[C@H](N)C(=O)NCC(=O)Nc1ccc(C(=O)N2CCN(C)CC2)cc1. The lowest BCUT2D eigenvalue weighted by atomic mass is 10.1. The molecule has 0 radical (unpaired) electrons. The van der Waals surface area contributed by atoms with Crippen molar-refractivity contribution in [2.45, 2.75) is 19.9 Å². The number of nitrogens with two attached hydrogens (primary N) is 1. The second kappa shape index (κ2) is 9.48. The van der Waals surface area contributed by atoms with Gasteiger partial charge < -0.3 is 26.2 Å². The van der Waals surface area contributed by atoms with Gasteiger partial charge in [0.1, 0.15) is 0 Å². The zero-order chi connectivity index (χ0) is 20.0. The van der Waals surface area contributed by atoms with Gasteiger partial charge in [0, 0.05) is 37.4 Å². The minimum absolute atomic E-state index is 0.00144. The van der Waals surface area contributed by atoms with Gasteiger partial charge >= 0.3 is 0 Å². The number of amides is 3. The molecule has 1 saturated heterocycles. The van der Waals surface area contributed by atoms with E-state index in [0.29, 0.717) is 24.3 Å². The third-order valence-corrected chi connectivity index (χ3v) is 4.65. The first kappa shape index (κ1) is 20.9. The molecule has 0 aliphatic carbocycles. The number of piperazine rings is 1. The lowest BCUT2D eigenvalue weighted by molar-refractivity contribution is -0.125. The van der Waals surface area contributed by atoms with Crippen LogP contribution >= 0.6 is 0 Å². The summed E-state index contributed by atoms with van der Waals surface area (Å²) in [5, 5.41) is 5.21. The fourth-order valence-electron chi connectivity index (χ4n) is 2.68. The molecule has 8 heteroatoms. The Kier molecular flexibility index (Phi) is 7.32. The van der Waals surface area contributed by atoms with Crippen molar-refractivity contribution in [2.24, 2.45) is 11.7 Å². The van der Waals surface area contributed by atoms with Gasteiger partial charge in [0.2, 0.25) is 11.8 Å². The van der Waals surface area contributed by atoms with Crippen LogP contribution in [0.3, 0.4) is 0 Å². The first-order valence-corrected chi connectivity index (χ1v) is 9.19. The van der Waals surface area contributed by atoms with E-state index in [9.17, 15) is 14.4 Å². The number of likely N-dealkylation sites (N-methyl/N-ethyl adjacent to an activating group) is 1. The minimum Gasteiger partial charge on any atom is -0.346 e. The highest BCUT2D eigenvalue weighted by atomic mass is 16.2. The van der Waals surface area contributed by atoms with Crippen LogP contribution in [0.4, 0.5) is 5.69 Å². The summed E-state index contributed by atoms with van der Waals surface area (Å²) in [5.41, 5.74) is 6.89. The van der Waals surface area contributed by atoms with E-state index in [1.807, 2.05) is 25.8 Å². The topological polar surface area (TPSA) is 108 Å². The Morgan fingerprint density at radius 1 is 1.07 bits per heavy atom. The highest BCUT2D eigenvalue weighted by Gasteiger charge is 2.20. The fraction of sp³-hybridized carbons (Fsp3) is 0.526. The zero-order valence-electron chi connectivity index (χ0n) is 16.2. The second-order valence-electron chi connectivity index (χ2n) is 7.21. The average molecular weight is 375 g/mol. The Balaban J connectivity index is 1.83. The van der Waals surface area contributed by atoms with Crippen LogP contribution in [0.25, 0.3) is 0 Å². The van der Waals surface area contributed by atoms with Gasteiger partial charge in [-0.15, -0.1) is 0 Å². The van der Waals surface area contributed by atoms with Gasteiger partial charge in [-0.25, -0.2) is 0 Å². The molecule has 1 aliphatic heterocycles. The molecule has 0 bridgehead atoms. The number of rotatable bonds is 6. The Bertz CT molecular complexity index is 666. The highest BCUT2D eigenvalue weighted by molar-refractivity contribution is 5.97. The van der Waals surface area contributed by atoms with Crippen molar-refractivity contribution in [1.29, 1.82) is 0 Å². The summed E-state index contributed by atoms with van der Waals surface area (Å²) in [6.07, 6.45) is 0. The van der Waals surface area contributed by atoms with Gasteiger partial charge in [0.25, 0.3) is 5.91 Å². The number of nitrogens with one attached hydrogen (secondary N) is 2. The van der Waals surface area contributed by atoms with Gasteiger partial charge in [0.15, 0.2) is 0 Å². The minimum atomic E-state index is -0.641. The van der Waals surface area contributed by atoms with Gasteiger partial charge in [-0.2, -0.15) is 0 Å². The summed E-state index contributed by atoms with van der Waals surface area (Å²) in [6, 6.07) is 6.12. The summed E-state index contributed by atoms with van der Waals surface area (Å²) < 4.78 is 0. The number of carbonyl (C=O) groups is 3. The molecule has 0 spiro atoms. The standard InChI is InChI=1S/C19H29N5O3/c1-13(2)17(20)18(26)21-12-16(25)22-15-6-4-14(5-7-15)19(27)24-10-8-23(3)9-11-24/h4-7,13,17H,8-12,20H2,1-3H3,(H,21,26)(H,22,25)/t17-/m0/s1. The van der Waals surface area contributed by atoms with E-state index in [-0.39, 0.29) is 30.2 Å². The molecule has 8 nitrogen and oxygen atoms in total. The Morgan fingerprint density at radius 3 is 2.22 bits per heavy atom. The van der Waals surface area contributed by atoms with E-state index < -0.39 is 6.04 Å². The predicted octanol–water partition coefficient (Wildman–Crippen LogP) is 0.112. The third-order valence-electron chi connectivity index (χ3n) is 4.65. The van der Waals surface area contributed by atoms with Gasteiger partial charge in [0.05, 0.1) is 12.6 Å². The molecule has 1 heterocycles. The number of hydrogen-bond acceptors (Lipinski definition) is 5. The summed E-state index contributed by atoms with van der Waals surface area (Å²) in [4.78, 5) is 40.3. The molecule has 0 saturated carbocycles. The number of hydrogen-bond donors (Lipinski definition) is 3. The molecule has 27 heavy (non-hydrogen) atoms. The van der Waals surface area contributed by atoms with Gasteiger partial charge in [-0.05, 0) is 37.2 Å². The summed E-state index contributed by atoms with van der Waals surface area (Å²) >= 11 is 0. The molecule has 2 rings (SSSR count). The van der Waals surface area contributed by atoms with Crippen LogP contribution in [-0.2, 0) is 9.59 Å². The van der Waals surface area contributed by atoms with Crippen molar-refractivity contribution in [1.82, 2.24) is 15.1 Å². The van der Waals surface area contributed by atoms with Crippen LogP contribution in [-0.4, -0.2) is 73.3 Å². The number of nitrogens with zero attached hydrogens (tertiary/aromatic N) is 2. The molecule has 3 amide bonds. The maximum Gasteiger partial charge on any atom is 0.253 e. The molecule has 1 aliphatic rings. The van der Waals surface area contributed by atoms with Crippen molar-refractivity contribution in [3.63, 3.8) is 0 Å². The molecular weight excluding hydrogens is 346 g/mol. The summed E-state index contributed by atoms with van der Waals surface area (Å²) in [7, 11) is 2.04. The molecular formula is C19H29N5O3. The van der Waals surface area contributed by atoms with Crippen LogP contribution in [0.15, 0.2) is 24.3 Å². The maximum absolute atomic E-state index is 12.5. The Morgan fingerprint density at radius 2 is 1.67 bits per heavy atom. The number of carbonyl (C=O) groups excluding carboxylic acids is 3. The third kappa shape index (κ3) is 6.04. The molecule has 1 fully saturated rings. The average Bonchev–Trinajstić information content (AvgIpc) is 2.66. The van der Waals surface area contributed by atoms with E-state index in [2.05, 4.69) is 15.5 Å². The van der Waals surface area contributed by atoms with Crippen molar-refractivity contribution < 1.29 is 14.4 Å². The van der Waals surface area contributed by atoms with Crippen LogP contribution in [0.2, 0.25) is 0 Å². The van der Waals surface area contributed by atoms with Gasteiger partial charge in [-0.1, -0.05) is 13.8 Å². The smallest absolute Gasteiger partial charge is 0.253 e. The molecule has 1 atom stereocenters. The molecule has 148 valence electrons. The largest absolute Gasteiger partial charge is 0.346 e. The van der Waals surface area contributed by atoms with Crippen LogP contribution < -0.4 is 16.4 Å². The number of benzene rings is 1. The molecule has 0 unspecified atom stereocenters. The van der Waals surface area contributed by atoms with E-state index in [0.717, 1.165) is 13.1 Å². The van der Waals surface area contributed by atoms with E-state index >= 15 is 0 Å². The summed E-state index contributed by atoms with van der Waals surface area (Å²) in [6.45, 7) is 6.70. The first-order chi connectivity index (χ1) is 12.8. The quantitative estimate of drug-likeness (QED) is 0.654. The van der Waals surface area contributed by atoms with Gasteiger partial charge in [-0.3, -0.25) is 14.4 Å². The van der Waals surface area contributed by atoms with E-state index in [1.165, 1.54) is 0 Å². The van der Waals surface area contributed by atoms with E-state index in [4.69, 9.17) is 5.73 Å². The molecule has 1 aromatic rings. The fourth-order valence-corrected chi connectivity index (χ4v) is 2.68. The maximum atomic E-state index is 12.5. The van der Waals surface area contributed by atoms with Crippen molar-refractivity contribution in [2.75, 3.05) is 45.1 Å². The monoisotopic (exact) mass is 375 g/mol. The first-order valence-electron chi connectivity index (χ1n) is 9.19. The molecule has 0 aromatic heterocycles. The zero-order valence-corrected chi connectivity index (χ0v) is 16.2. The highest BCUT2D eigenvalue weighted by Crippen LogP contribution is 2.13.